The summed E-state index contributed by atoms with van der Waals surface area (Å²) < 4.78 is 7.00. The second kappa shape index (κ2) is 10.7. The summed E-state index contributed by atoms with van der Waals surface area (Å²) >= 11 is 0. The minimum Gasteiger partial charge on any atom is -0.497 e. The van der Waals surface area contributed by atoms with Crippen molar-refractivity contribution in [1.82, 2.24) is 20.0 Å². The maximum Gasteiger partial charge on any atom is 0.270 e. The minimum absolute atomic E-state index is 0.102. The molecule has 6 nitrogen and oxygen atoms in total. The maximum absolute atomic E-state index is 13.2. The zero-order valence-electron chi connectivity index (χ0n) is 19.9. The molecule has 1 atom stereocenters. The van der Waals surface area contributed by atoms with Crippen molar-refractivity contribution < 1.29 is 9.53 Å². The maximum atomic E-state index is 13.2. The van der Waals surface area contributed by atoms with Gasteiger partial charge < -0.3 is 15.0 Å². The second-order valence-electron chi connectivity index (χ2n) is 8.88. The van der Waals surface area contributed by atoms with Gasteiger partial charge >= 0.3 is 0 Å². The van der Waals surface area contributed by atoms with Crippen LogP contribution < -0.4 is 10.1 Å². The first-order valence-electron chi connectivity index (χ1n) is 11.9. The van der Waals surface area contributed by atoms with E-state index in [2.05, 4.69) is 17.1 Å². The zero-order valence-corrected chi connectivity index (χ0v) is 19.9. The Hall–Kier alpha value is -3.12. The number of aryl methyl sites for hydroxylation is 1. The average molecular weight is 447 g/mol. The lowest BCUT2D eigenvalue weighted by atomic mass is 10.0. The highest BCUT2D eigenvalue weighted by molar-refractivity contribution is 5.94. The third-order valence-corrected chi connectivity index (χ3v) is 6.45. The molecule has 0 bridgehead atoms. The molecule has 0 radical (unpaired) electrons. The van der Waals surface area contributed by atoms with Crippen molar-refractivity contribution in [1.29, 1.82) is 0 Å². The molecule has 0 spiro atoms. The average Bonchev–Trinajstić information content (AvgIpc) is 3.29. The minimum atomic E-state index is -0.102. The summed E-state index contributed by atoms with van der Waals surface area (Å²) in [4.78, 5) is 15.7. The Morgan fingerprint density at radius 2 is 1.88 bits per heavy atom. The number of nitrogens with one attached hydrogen (secondary N) is 1. The second-order valence-corrected chi connectivity index (χ2v) is 8.88. The monoisotopic (exact) mass is 446 g/mol. The Kier molecular flexibility index (Phi) is 7.45. The van der Waals surface area contributed by atoms with Gasteiger partial charge in [-0.2, -0.15) is 5.10 Å². The molecule has 1 amide bonds. The van der Waals surface area contributed by atoms with Crippen molar-refractivity contribution in [2.75, 3.05) is 26.7 Å². The van der Waals surface area contributed by atoms with Gasteiger partial charge in [-0.05, 0) is 82.1 Å². The van der Waals surface area contributed by atoms with Crippen molar-refractivity contribution >= 4 is 5.91 Å². The third-order valence-electron chi connectivity index (χ3n) is 6.45. The summed E-state index contributed by atoms with van der Waals surface area (Å²) in [5.74, 6) is 0.687. The Morgan fingerprint density at radius 1 is 1.12 bits per heavy atom. The highest BCUT2D eigenvalue weighted by Crippen LogP contribution is 2.24. The molecule has 1 N–H and O–H groups in total. The molecular formula is C27H34N4O2. The van der Waals surface area contributed by atoms with Crippen molar-refractivity contribution in [2.24, 2.45) is 0 Å². The fourth-order valence-electron chi connectivity index (χ4n) is 4.39. The van der Waals surface area contributed by atoms with Crippen molar-refractivity contribution in [3.05, 3.63) is 65.9 Å². The van der Waals surface area contributed by atoms with E-state index in [1.165, 1.54) is 31.4 Å². The van der Waals surface area contributed by atoms with Crippen LogP contribution in [0.4, 0.5) is 0 Å². The number of aromatic nitrogens is 2. The molecule has 1 aliphatic heterocycles. The summed E-state index contributed by atoms with van der Waals surface area (Å²) in [5.41, 5.74) is 4.27. The Morgan fingerprint density at radius 3 is 2.58 bits per heavy atom. The zero-order chi connectivity index (χ0) is 23.2. The van der Waals surface area contributed by atoms with Crippen LogP contribution in [-0.2, 0) is 0 Å². The van der Waals surface area contributed by atoms with Gasteiger partial charge in [0.05, 0.1) is 18.5 Å². The smallest absolute Gasteiger partial charge is 0.270 e. The molecule has 2 heterocycles. The van der Waals surface area contributed by atoms with Crippen LogP contribution in [-0.4, -0.2) is 53.4 Å². The number of methoxy groups -OCH3 is 1. The lowest BCUT2D eigenvalue weighted by molar-refractivity contribution is 0.0941. The van der Waals surface area contributed by atoms with Crippen LogP contribution in [0, 0.1) is 6.92 Å². The fraction of sp³-hybridized carbons (Fsp3) is 0.407. The van der Waals surface area contributed by atoms with Crippen LogP contribution in [0.2, 0.25) is 0 Å². The first-order valence-corrected chi connectivity index (χ1v) is 11.9. The van der Waals surface area contributed by atoms with Crippen LogP contribution in [0.1, 0.15) is 48.7 Å². The van der Waals surface area contributed by atoms with Gasteiger partial charge in [-0.3, -0.25) is 4.79 Å². The van der Waals surface area contributed by atoms with Gasteiger partial charge in [-0.15, -0.1) is 0 Å². The summed E-state index contributed by atoms with van der Waals surface area (Å²) in [6.07, 6.45) is 4.82. The Labute approximate surface area is 196 Å². The summed E-state index contributed by atoms with van der Waals surface area (Å²) in [5, 5.41) is 7.89. The number of piperidine rings is 1. The lowest BCUT2D eigenvalue weighted by Crippen LogP contribution is -2.39. The number of nitrogens with zero attached hydrogens (tertiary/aromatic N) is 3. The summed E-state index contributed by atoms with van der Waals surface area (Å²) in [6.45, 7) is 7.19. The molecule has 6 heteroatoms. The van der Waals surface area contributed by atoms with Gasteiger partial charge in [-0.1, -0.05) is 24.1 Å². The molecular weight excluding hydrogens is 412 g/mol. The standard InChI is InChI=1S/C27H34N4O2/c1-20-8-12-23(13-9-20)31-26(19-25(29-31)22-10-14-24(33-3)15-11-22)27(32)28-16-6-18-30-17-5-4-7-21(30)2/h8-15,19,21H,4-7,16-18H2,1-3H3,(H,28,32). The van der Waals surface area contributed by atoms with E-state index in [0.29, 0.717) is 18.3 Å². The van der Waals surface area contributed by atoms with E-state index in [1.807, 2.05) is 61.5 Å². The van der Waals surface area contributed by atoms with E-state index in [9.17, 15) is 4.79 Å². The number of ether oxygens (including phenoxy) is 1. The first kappa shape index (κ1) is 23.1. The number of hydrogen-bond acceptors (Lipinski definition) is 4. The SMILES string of the molecule is COc1ccc(-c2cc(C(=O)NCCCN3CCCCC3C)n(-c3ccc(C)cc3)n2)cc1. The van der Waals surface area contributed by atoms with Crippen LogP contribution >= 0.6 is 0 Å². The van der Waals surface area contributed by atoms with Crippen LogP contribution in [0.5, 0.6) is 5.75 Å². The molecule has 1 aliphatic rings. The number of likely N-dealkylation sites (tertiary alicyclic amines) is 1. The molecule has 33 heavy (non-hydrogen) atoms. The highest BCUT2D eigenvalue weighted by atomic mass is 16.5. The van der Waals surface area contributed by atoms with E-state index < -0.39 is 0 Å². The molecule has 1 unspecified atom stereocenters. The predicted molar refractivity (Wildman–Crippen MR) is 132 cm³/mol. The molecule has 2 aromatic carbocycles. The van der Waals surface area contributed by atoms with Gasteiger partial charge in [0, 0.05) is 24.7 Å². The van der Waals surface area contributed by atoms with Gasteiger partial charge in [0.25, 0.3) is 5.91 Å². The molecule has 0 aliphatic carbocycles. The lowest BCUT2D eigenvalue weighted by Gasteiger charge is -2.33. The third kappa shape index (κ3) is 5.63. The number of amides is 1. The molecule has 1 saturated heterocycles. The largest absolute Gasteiger partial charge is 0.497 e. The van der Waals surface area contributed by atoms with Crippen molar-refractivity contribution in [3.8, 4) is 22.7 Å². The number of rotatable bonds is 8. The number of benzene rings is 2. The molecule has 4 rings (SSSR count). The number of carbonyl (C=O) groups excluding carboxylic acids is 1. The summed E-state index contributed by atoms with van der Waals surface area (Å²) in [6, 6.07) is 18.3. The van der Waals surface area contributed by atoms with E-state index >= 15 is 0 Å². The Balaban J connectivity index is 1.50. The van der Waals surface area contributed by atoms with Crippen molar-refractivity contribution in [2.45, 2.75) is 45.6 Å². The van der Waals surface area contributed by atoms with E-state index in [0.717, 1.165) is 35.7 Å². The number of hydrogen-bond donors (Lipinski definition) is 1. The van der Waals surface area contributed by atoms with Crippen molar-refractivity contribution in [3.63, 3.8) is 0 Å². The molecule has 1 aromatic heterocycles. The quantitative estimate of drug-likeness (QED) is 0.503. The summed E-state index contributed by atoms with van der Waals surface area (Å²) in [7, 11) is 1.65. The van der Waals surface area contributed by atoms with E-state index in [-0.39, 0.29) is 5.91 Å². The molecule has 3 aromatic rings. The van der Waals surface area contributed by atoms with Crippen LogP contribution in [0.15, 0.2) is 54.6 Å². The topological polar surface area (TPSA) is 59.4 Å². The normalized spacial score (nSPS) is 16.5. The van der Waals surface area contributed by atoms with E-state index in [1.54, 1.807) is 11.8 Å². The van der Waals surface area contributed by atoms with Gasteiger partial charge in [0.15, 0.2) is 0 Å². The predicted octanol–water partition coefficient (Wildman–Crippen LogP) is 4.85. The van der Waals surface area contributed by atoms with E-state index in [4.69, 9.17) is 9.84 Å². The number of carbonyl (C=O) groups is 1. The molecule has 0 saturated carbocycles. The van der Waals surface area contributed by atoms with Gasteiger partial charge in [-0.25, -0.2) is 4.68 Å². The van der Waals surface area contributed by atoms with Gasteiger partial charge in [0.1, 0.15) is 11.4 Å². The van der Waals surface area contributed by atoms with Gasteiger partial charge in [0.2, 0.25) is 0 Å². The fourth-order valence-corrected chi connectivity index (χ4v) is 4.39. The molecule has 174 valence electrons. The van der Waals surface area contributed by atoms with Crippen LogP contribution in [0.25, 0.3) is 16.9 Å². The first-order chi connectivity index (χ1) is 16.0. The van der Waals surface area contributed by atoms with Crippen LogP contribution in [0.3, 0.4) is 0 Å². The Bertz CT molecular complexity index is 1060. The molecule has 1 fully saturated rings. The highest BCUT2D eigenvalue weighted by Gasteiger charge is 2.19.